The van der Waals surface area contributed by atoms with Gasteiger partial charge < -0.3 is 15.0 Å². The maximum Gasteiger partial charge on any atom is 0.243 e. The van der Waals surface area contributed by atoms with Crippen LogP contribution in [0.2, 0.25) is 0 Å². The molecule has 0 unspecified atom stereocenters. The van der Waals surface area contributed by atoms with Crippen LogP contribution in [0.25, 0.3) is 0 Å². The summed E-state index contributed by atoms with van der Waals surface area (Å²) in [6.45, 7) is 2.87. The highest BCUT2D eigenvalue weighted by atomic mass is 32.2. The number of methoxy groups -OCH3 is 1. The Morgan fingerprint density at radius 1 is 0.925 bits per heavy atom. The minimum atomic E-state index is -3.66. The first-order valence-electron chi connectivity index (χ1n) is 13.5. The lowest BCUT2D eigenvalue weighted by Gasteiger charge is -2.32. The third-order valence-electron chi connectivity index (χ3n) is 6.62. The summed E-state index contributed by atoms with van der Waals surface area (Å²) in [4.78, 5) is 29.0. The van der Waals surface area contributed by atoms with E-state index in [4.69, 9.17) is 4.74 Å². The van der Waals surface area contributed by atoms with Crippen LogP contribution in [0.5, 0.6) is 5.75 Å². The van der Waals surface area contributed by atoms with Gasteiger partial charge in [0.25, 0.3) is 0 Å². The molecule has 0 heterocycles. The average molecular weight is 566 g/mol. The fourth-order valence-corrected chi connectivity index (χ4v) is 5.61. The van der Waals surface area contributed by atoms with Crippen molar-refractivity contribution in [1.29, 1.82) is 0 Å². The van der Waals surface area contributed by atoms with Gasteiger partial charge in [0.15, 0.2) is 0 Å². The fourth-order valence-electron chi connectivity index (χ4n) is 4.38. The van der Waals surface area contributed by atoms with Crippen LogP contribution in [0.3, 0.4) is 0 Å². The molecule has 214 valence electrons. The molecule has 1 N–H and O–H groups in total. The van der Waals surface area contributed by atoms with E-state index in [0.717, 1.165) is 17.5 Å². The number of nitrogens with one attached hydrogen (secondary N) is 1. The van der Waals surface area contributed by atoms with Crippen LogP contribution in [0.1, 0.15) is 37.3 Å². The summed E-state index contributed by atoms with van der Waals surface area (Å²) in [5.74, 6) is 0.222. The van der Waals surface area contributed by atoms with Gasteiger partial charge in [0.1, 0.15) is 11.8 Å². The molecule has 0 bridgehead atoms. The highest BCUT2D eigenvalue weighted by Crippen LogP contribution is 2.20. The van der Waals surface area contributed by atoms with Crippen molar-refractivity contribution in [2.24, 2.45) is 0 Å². The molecule has 0 aromatic heterocycles. The smallest absolute Gasteiger partial charge is 0.243 e. The van der Waals surface area contributed by atoms with Crippen molar-refractivity contribution in [1.82, 2.24) is 14.5 Å². The Morgan fingerprint density at radius 3 is 2.23 bits per heavy atom. The summed E-state index contributed by atoms with van der Waals surface area (Å²) in [5.41, 5.74) is 1.77. The first-order chi connectivity index (χ1) is 19.3. The lowest BCUT2D eigenvalue weighted by atomic mass is 10.0. The summed E-state index contributed by atoms with van der Waals surface area (Å²) < 4.78 is 32.4. The second-order valence-electron chi connectivity index (χ2n) is 9.61. The van der Waals surface area contributed by atoms with Gasteiger partial charge in [-0.2, -0.15) is 0 Å². The van der Waals surface area contributed by atoms with Crippen molar-refractivity contribution in [2.75, 3.05) is 27.2 Å². The van der Waals surface area contributed by atoms with E-state index in [1.807, 2.05) is 61.5 Å². The molecule has 1 atom stereocenters. The predicted molar refractivity (Wildman–Crippen MR) is 156 cm³/mol. The highest BCUT2D eigenvalue weighted by Gasteiger charge is 2.30. The lowest BCUT2D eigenvalue weighted by molar-refractivity contribution is -0.141. The molecule has 2 amide bonds. The van der Waals surface area contributed by atoms with E-state index in [0.29, 0.717) is 25.1 Å². The largest absolute Gasteiger partial charge is 0.497 e. The monoisotopic (exact) mass is 565 g/mol. The fraction of sp³-hybridized carbons (Fsp3) is 0.355. The molecule has 0 aliphatic rings. The van der Waals surface area contributed by atoms with Gasteiger partial charge in [-0.1, -0.05) is 67.6 Å². The van der Waals surface area contributed by atoms with Crippen LogP contribution >= 0.6 is 0 Å². The zero-order valence-electron chi connectivity index (χ0n) is 23.5. The van der Waals surface area contributed by atoms with E-state index >= 15 is 0 Å². The normalized spacial score (nSPS) is 12.1. The molecule has 3 rings (SSSR count). The van der Waals surface area contributed by atoms with Crippen LogP contribution < -0.4 is 10.1 Å². The minimum Gasteiger partial charge on any atom is -0.497 e. The quantitative estimate of drug-likeness (QED) is 0.297. The van der Waals surface area contributed by atoms with Gasteiger partial charge in [0.05, 0.1) is 12.0 Å². The third kappa shape index (κ3) is 8.66. The molecule has 0 radical (unpaired) electrons. The number of carbonyl (C=O) groups excluding carboxylic acids is 2. The van der Waals surface area contributed by atoms with E-state index in [2.05, 4.69) is 5.32 Å². The zero-order chi connectivity index (χ0) is 29.0. The lowest BCUT2D eigenvalue weighted by Crippen LogP contribution is -2.50. The van der Waals surface area contributed by atoms with Crippen molar-refractivity contribution in [3.8, 4) is 5.75 Å². The zero-order valence-corrected chi connectivity index (χ0v) is 24.3. The van der Waals surface area contributed by atoms with Gasteiger partial charge in [-0.3, -0.25) is 9.59 Å². The highest BCUT2D eigenvalue weighted by molar-refractivity contribution is 7.89. The van der Waals surface area contributed by atoms with Crippen molar-refractivity contribution >= 4 is 21.8 Å². The number of hydrogen-bond acceptors (Lipinski definition) is 5. The Kier molecular flexibility index (Phi) is 11.7. The second-order valence-corrected chi connectivity index (χ2v) is 11.7. The summed E-state index contributed by atoms with van der Waals surface area (Å²) in [6.07, 6.45) is 1.53. The maximum atomic E-state index is 13.8. The van der Waals surface area contributed by atoms with Crippen molar-refractivity contribution in [3.63, 3.8) is 0 Å². The summed E-state index contributed by atoms with van der Waals surface area (Å²) in [5, 5.41) is 2.96. The predicted octanol–water partition coefficient (Wildman–Crippen LogP) is 4.26. The number of nitrogens with zero attached hydrogens (tertiary/aromatic N) is 2. The number of ether oxygens (including phenoxy) is 1. The number of sulfonamides is 1. The molecule has 0 saturated carbocycles. The van der Waals surface area contributed by atoms with Crippen molar-refractivity contribution in [3.05, 3.63) is 96.1 Å². The van der Waals surface area contributed by atoms with Crippen LogP contribution in [0.4, 0.5) is 0 Å². The first kappa shape index (κ1) is 30.8. The molecule has 0 fully saturated rings. The number of hydrogen-bond donors (Lipinski definition) is 1. The van der Waals surface area contributed by atoms with Gasteiger partial charge in [0, 0.05) is 39.5 Å². The van der Waals surface area contributed by atoms with Gasteiger partial charge in [-0.05, 0) is 48.2 Å². The Hall–Kier alpha value is -3.69. The summed E-state index contributed by atoms with van der Waals surface area (Å²) >= 11 is 0. The molecule has 9 heteroatoms. The molecule has 3 aromatic carbocycles. The number of carbonyl (C=O) groups is 2. The van der Waals surface area contributed by atoms with Crippen LogP contribution in [0.15, 0.2) is 89.8 Å². The first-order valence-corrected chi connectivity index (χ1v) is 15.0. The van der Waals surface area contributed by atoms with E-state index < -0.39 is 16.1 Å². The summed E-state index contributed by atoms with van der Waals surface area (Å²) in [6, 6.07) is 24.5. The Bertz CT molecular complexity index is 1330. The standard InChI is InChI=1S/C31H39N3O5S/c1-4-20-32-31(36)29(23-25-13-7-5-8-14-25)34(24-26-15-11-16-27(22-26)39-3)30(35)19-12-21-33(2)40(37,38)28-17-9-6-10-18-28/h5-11,13-18,22,29H,4,12,19-21,23-24H2,1-3H3,(H,32,36)/t29-/m0/s1. The van der Waals surface area contributed by atoms with Gasteiger partial charge >= 0.3 is 0 Å². The van der Waals surface area contributed by atoms with E-state index in [1.165, 1.54) is 11.4 Å². The minimum absolute atomic E-state index is 0.0883. The maximum absolute atomic E-state index is 13.8. The second kappa shape index (κ2) is 15.2. The Morgan fingerprint density at radius 2 is 1.57 bits per heavy atom. The van der Waals surface area contributed by atoms with Gasteiger partial charge in [0.2, 0.25) is 21.8 Å². The number of rotatable bonds is 15. The van der Waals surface area contributed by atoms with Crippen LogP contribution in [-0.4, -0.2) is 62.7 Å². The van der Waals surface area contributed by atoms with E-state index in [-0.39, 0.29) is 36.2 Å². The molecule has 8 nitrogen and oxygen atoms in total. The van der Waals surface area contributed by atoms with Crippen molar-refractivity contribution < 1.29 is 22.7 Å². The van der Waals surface area contributed by atoms with Crippen molar-refractivity contribution in [2.45, 2.75) is 50.1 Å². The SMILES string of the molecule is CCCNC(=O)[C@H](Cc1ccccc1)N(Cc1cccc(OC)c1)C(=O)CCCN(C)S(=O)(=O)c1ccccc1. The molecule has 40 heavy (non-hydrogen) atoms. The molecule has 0 aliphatic heterocycles. The third-order valence-corrected chi connectivity index (χ3v) is 8.49. The average Bonchev–Trinajstić information content (AvgIpc) is 2.98. The molecular weight excluding hydrogens is 526 g/mol. The van der Waals surface area contributed by atoms with Crippen LogP contribution in [-0.2, 0) is 32.6 Å². The molecule has 0 spiro atoms. The Labute approximate surface area is 238 Å². The number of amides is 2. The number of benzene rings is 3. The summed E-state index contributed by atoms with van der Waals surface area (Å²) in [7, 11) is -0.571. The molecule has 3 aromatic rings. The van der Waals surface area contributed by atoms with E-state index in [1.54, 1.807) is 42.3 Å². The molecule has 0 saturated heterocycles. The molecule has 0 aliphatic carbocycles. The topological polar surface area (TPSA) is 96.0 Å². The van der Waals surface area contributed by atoms with Gasteiger partial charge in [-0.15, -0.1) is 0 Å². The molecular formula is C31H39N3O5S. The van der Waals surface area contributed by atoms with E-state index in [9.17, 15) is 18.0 Å². The van der Waals surface area contributed by atoms with Crippen LogP contribution in [0, 0.1) is 0 Å². The van der Waals surface area contributed by atoms with Gasteiger partial charge in [-0.25, -0.2) is 12.7 Å². The Balaban J connectivity index is 1.83.